The number of pyridine rings is 1. The Bertz CT molecular complexity index is 979. The Labute approximate surface area is 134 Å². The van der Waals surface area contributed by atoms with Crippen LogP contribution in [0.15, 0.2) is 41.3 Å². The summed E-state index contributed by atoms with van der Waals surface area (Å²) in [5, 5.41) is 0.406. The molecule has 2 aromatic heterocycles. The molecule has 2 N–H and O–H groups in total. The molecule has 3 rings (SSSR count). The summed E-state index contributed by atoms with van der Waals surface area (Å²) in [5.41, 5.74) is 6.39. The minimum absolute atomic E-state index is 0.0219. The smallest absolute Gasteiger partial charge is 0.383 e. The number of alkyl halides is 3. The Balaban J connectivity index is 2.33. The lowest BCUT2D eigenvalue weighted by Gasteiger charge is -2.14. The van der Waals surface area contributed by atoms with E-state index in [4.69, 9.17) is 5.73 Å². The van der Waals surface area contributed by atoms with E-state index in [2.05, 4.69) is 9.97 Å². The summed E-state index contributed by atoms with van der Waals surface area (Å²) in [6, 6.07) is 7.38. The summed E-state index contributed by atoms with van der Waals surface area (Å²) in [7, 11) is 0. The zero-order chi connectivity index (χ0) is 17.5. The number of aryl methyl sites for hydroxylation is 1. The van der Waals surface area contributed by atoms with Crippen LogP contribution in [0.3, 0.4) is 0 Å². The van der Waals surface area contributed by atoms with Crippen molar-refractivity contribution in [3.05, 3.63) is 58.3 Å². The number of anilines is 1. The molecule has 1 aromatic carbocycles. The second-order valence-electron chi connectivity index (χ2n) is 5.37. The summed E-state index contributed by atoms with van der Waals surface area (Å²) in [6.07, 6.45) is -3.88. The van der Waals surface area contributed by atoms with Crippen LogP contribution < -0.4 is 11.4 Å². The number of rotatable bonds is 2. The first-order valence-electron chi connectivity index (χ1n) is 7.06. The highest BCUT2D eigenvalue weighted by atomic mass is 19.4. The van der Waals surface area contributed by atoms with Crippen LogP contribution in [0.1, 0.15) is 11.3 Å². The molecule has 0 amide bonds. The lowest BCUT2D eigenvalue weighted by Crippen LogP contribution is -2.24. The van der Waals surface area contributed by atoms with Crippen LogP contribution in [0.5, 0.6) is 0 Å². The number of hydrogen-bond donors (Lipinski definition) is 1. The standard InChI is InChI=1S/C16H13F3N4O/c1-9-12(3-2-6-21-9)23-13-7-10(8-16(17,18)19)4-5-11(13)14(20)22-15(23)24/h2-7H,8H2,1H3,(H2,20,22,24). The second kappa shape index (κ2) is 5.63. The number of nitrogens with two attached hydrogens (primary N) is 1. The average Bonchev–Trinajstić information content (AvgIpc) is 2.47. The highest BCUT2D eigenvalue weighted by molar-refractivity contribution is 5.89. The van der Waals surface area contributed by atoms with Crippen LogP contribution in [-0.4, -0.2) is 20.7 Å². The lowest BCUT2D eigenvalue weighted by molar-refractivity contribution is -0.127. The van der Waals surface area contributed by atoms with Crippen molar-refractivity contribution in [3.63, 3.8) is 0 Å². The predicted molar refractivity (Wildman–Crippen MR) is 84.0 cm³/mol. The Morgan fingerprint density at radius 2 is 2.00 bits per heavy atom. The quantitative estimate of drug-likeness (QED) is 0.782. The normalized spacial score (nSPS) is 11.8. The molecule has 8 heteroatoms. The summed E-state index contributed by atoms with van der Waals surface area (Å²) >= 11 is 0. The van der Waals surface area contributed by atoms with Gasteiger partial charge in [-0.25, -0.2) is 4.79 Å². The van der Waals surface area contributed by atoms with E-state index < -0.39 is 18.3 Å². The highest BCUT2D eigenvalue weighted by Crippen LogP contribution is 2.26. The average molecular weight is 334 g/mol. The number of halogens is 3. The third kappa shape index (κ3) is 2.94. The number of nitrogen functional groups attached to an aromatic ring is 1. The van der Waals surface area contributed by atoms with E-state index in [-0.39, 0.29) is 16.9 Å². The fraction of sp³-hybridized carbons (Fsp3) is 0.188. The SMILES string of the molecule is Cc1ncccc1-n1c(=O)nc(N)c2ccc(CC(F)(F)F)cc21. The van der Waals surface area contributed by atoms with Gasteiger partial charge in [0.1, 0.15) is 5.82 Å². The van der Waals surface area contributed by atoms with E-state index in [9.17, 15) is 18.0 Å². The van der Waals surface area contributed by atoms with Gasteiger partial charge in [-0.1, -0.05) is 6.07 Å². The lowest BCUT2D eigenvalue weighted by atomic mass is 10.1. The number of aromatic nitrogens is 3. The highest BCUT2D eigenvalue weighted by Gasteiger charge is 2.28. The van der Waals surface area contributed by atoms with Gasteiger partial charge in [-0.05, 0) is 36.8 Å². The maximum absolute atomic E-state index is 12.7. The molecule has 0 aliphatic heterocycles. The minimum Gasteiger partial charge on any atom is -0.383 e. The molecule has 0 aliphatic rings. The Morgan fingerprint density at radius 3 is 2.67 bits per heavy atom. The minimum atomic E-state index is -4.35. The fourth-order valence-electron chi connectivity index (χ4n) is 2.58. The van der Waals surface area contributed by atoms with E-state index in [0.29, 0.717) is 16.8 Å². The summed E-state index contributed by atoms with van der Waals surface area (Å²) in [4.78, 5) is 20.2. The summed E-state index contributed by atoms with van der Waals surface area (Å²) in [5.74, 6) is -0.0219. The third-order valence-corrected chi connectivity index (χ3v) is 3.61. The van der Waals surface area contributed by atoms with Crippen molar-refractivity contribution in [3.8, 4) is 5.69 Å². The van der Waals surface area contributed by atoms with Gasteiger partial charge >= 0.3 is 11.9 Å². The van der Waals surface area contributed by atoms with Gasteiger partial charge < -0.3 is 5.73 Å². The van der Waals surface area contributed by atoms with Crippen molar-refractivity contribution in [2.45, 2.75) is 19.5 Å². The first-order chi connectivity index (χ1) is 11.3. The van der Waals surface area contributed by atoms with Crippen molar-refractivity contribution in [2.75, 3.05) is 5.73 Å². The number of fused-ring (bicyclic) bond motifs is 1. The molecule has 124 valence electrons. The topological polar surface area (TPSA) is 73.8 Å². The van der Waals surface area contributed by atoms with Gasteiger partial charge in [-0.2, -0.15) is 18.2 Å². The molecule has 5 nitrogen and oxygen atoms in total. The zero-order valence-corrected chi connectivity index (χ0v) is 12.6. The Morgan fingerprint density at radius 1 is 1.25 bits per heavy atom. The number of benzene rings is 1. The van der Waals surface area contributed by atoms with Crippen molar-refractivity contribution in [2.24, 2.45) is 0 Å². The van der Waals surface area contributed by atoms with Gasteiger partial charge in [0, 0.05) is 11.6 Å². The molecule has 0 bridgehead atoms. The molecular formula is C16H13F3N4O. The fourth-order valence-corrected chi connectivity index (χ4v) is 2.58. The van der Waals surface area contributed by atoms with E-state index >= 15 is 0 Å². The zero-order valence-electron chi connectivity index (χ0n) is 12.6. The summed E-state index contributed by atoms with van der Waals surface area (Å²) in [6.45, 7) is 1.70. The molecule has 0 saturated carbocycles. The molecule has 0 spiro atoms. The molecule has 0 saturated heterocycles. The second-order valence-corrected chi connectivity index (χ2v) is 5.37. The monoisotopic (exact) mass is 334 g/mol. The molecule has 0 fully saturated rings. The predicted octanol–water partition coefficient (Wildman–Crippen LogP) is 2.78. The maximum Gasteiger partial charge on any atom is 0.393 e. The number of hydrogen-bond acceptors (Lipinski definition) is 4. The molecule has 2 heterocycles. The first-order valence-corrected chi connectivity index (χ1v) is 7.06. The Hall–Kier alpha value is -2.90. The van der Waals surface area contributed by atoms with Gasteiger partial charge in [0.05, 0.1) is 23.3 Å². The van der Waals surface area contributed by atoms with E-state index in [1.54, 1.807) is 25.3 Å². The third-order valence-electron chi connectivity index (χ3n) is 3.61. The molecule has 0 unspecified atom stereocenters. The first kappa shape index (κ1) is 16.0. The molecule has 3 aromatic rings. The molecule has 24 heavy (non-hydrogen) atoms. The van der Waals surface area contributed by atoms with Gasteiger partial charge in [0.15, 0.2) is 0 Å². The van der Waals surface area contributed by atoms with Crippen molar-refractivity contribution in [1.82, 2.24) is 14.5 Å². The van der Waals surface area contributed by atoms with Crippen LogP contribution in [-0.2, 0) is 6.42 Å². The van der Waals surface area contributed by atoms with Crippen molar-refractivity contribution >= 4 is 16.7 Å². The van der Waals surface area contributed by atoms with Crippen LogP contribution in [0.4, 0.5) is 19.0 Å². The van der Waals surface area contributed by atoms with E-state index in [1.807, 2.05) is 0 Å². The van der Waals surface area contributed by atoms with Crippen molar-refractivity contribution in [1.29, 1.82) is 0 Å². The maximum atomic E-state index is 12.7. The summed E-state index contributed by atoms with van der Waals surface area (Å²) < 4.78 is 39.2. The molecule has 0 atom stereocenters. The van der Waals surface area contributed by atoms with Crippen LogP contribution in [0.2, 0.25) is 0 Å². The Kier molecular flexibility index (Phi) is 3.75. The van der Waals surface area contributed by atoms with Crippen molar-refractivity contribution < 1.29 is 13.2 Å². The van der Waals surface area contributed by atoms with Gasteiger partial charge in [0.2, 0.25) is 0 Å². The van der Waals surface area contributed by atoms with Gasteiger partial charge in [-0.3, -0.25) is 9.55 Å². The molecule has 0 aliphatic carbocycles. The van der Waals surface area contributed by atoms with Crippen LogP contribution in [0.25, 0.3) is 16.6 Å². The van der Waals surface area contributed by atoms with Gasteiger partial charge in [0.25, 0.3) is 0 Å². The molecular weight excluding hydrogens is 321 g/mol. The van der Waals surface area contributed by atoms with E-state index in [0.717, 1.165) is 0 Å². The van der Waals surface area contributed by atoms with Gasteiger partial charge in [-0.15, -0.1) is 0 Å². The van der Waals surface area contributed by atoms with E-state index in [1.165, 1.54) is 22.8 Å². The van der Waals surface area contributed by atoms with Crippen LogP contribution >= 0.6 is 0 Å². The van der Waals surface area contributed by atoms with Crippen LogP contribution in [0, 0.1) is 6.92 Å². The molecule has 0 radical (unpaired) electrons. The number of nitrogens with zero attached hydrogens (tertiary/aromatic N) is 3. The largest absolute Gasteiger partial charge is 0.393 e.